The Balaban J connectivity index is 0.000000126. The Kier molecular flexibility index (Phi) is 13.6. The van der Waals surface area contributed by atoms with Crippen molar-refractivity contribution in [2.45, 2.75) is 56.1 Å². The zero-order valence-electron chi connectivity index (χ0n) is 31.2. The quantitative estimate of drug-likeness (QED) is 0.0867. The molecule has 10 rings (SSSR count). The van der Waals surface area contributed by atoms with Gasteiger partial charge in [0.25, 0.3) is 0 Å². The monoisotopic (exact) mass is 946 g/mol. The van der Waals surface area contributed by atoms with E-state index in [0.29, 0.717) is 21.1 Å². The van der Waals surface area contributed by atoms with Gasteiger partial charge in [-0.2, -0.15) is 0 Å². The Labute approximate surface area is 365 Å². The number of halogens is 3. The summed E-state index contributed by atoms with van der Waals surface area (Å²) in [4.78, 5) is 34.8. The smallest absolute Gasteiger partial charge is 0.193 e. The molecule has 0 saturated heterocycles. The number of aromatic nitrogens is 8. The predicted octanol–water partition coefficient (Wildman–Crippen LogP) is 12.6. The van der Waals surface area contributed by atoms with Gasteiger partial charge in [0.15, 0.2) is 5.16 Å². The molecule has 59 heavy (non-hydrogen) atoms. The van der Waals surface area contributed by atoms with Gasteiger partial charge in [-0.1, -0.05) is 67.1 Å². The molecule has 0 unspecified atom stereocenters. The number of fused-ring (bicyclic) bond motifs is 3. The third kappa shape index (κ3) is 10.7. The van der Waals surface area contributed by atoms with Crippen molar-refractivity contribution < 1.29 is 8.78 Å². The number of benzene rings is 5. The number of nitrogens with zero attached hydrogens (tertiary/aromatic N) is 8. The zero-order chi connectivity index (χ0) is 40.4. The van der Waals surface area contributed by atoms with Crippen LogP contribution >= 0.6 is 57.9 Å². The van der Waals surface area contributed by atoms with Gasteiger partial charge in [-0.25, -0.2) is 48.7 Å². The maximum absolute atomic E-state index is 13.5. The maximum atomic E-state index is 13.5. The van der Waals surface area contributed by atoms with Crippen LogP contribution in [0.5, 0.6) is 0 Å². The zero-order valence-corrected chi connectivity index (χ0v) is 35.8. The average molecular weight is 947 g/mol. The molecule has 4 aromatic heterocycles. The molecule has 292 valence electrons. The van der Waals surface area contributed by atoms with Gasteiger partial charge in [-0.05, 0) is 131 Å². The Bertz CT molecular complexity index is 2820. The Morgan fingerprint density at radius 1 is 0.492 bits per heavy atom. The van der Waals surface area contributed by atoms with Gasteiger partial charge in [-0.15, -0.1) is 11.8 Å². The second-order valence-electron chi connectivity index (χ2n) is 13.2. The fraction of sp³-hybridized carbons (Fsp3) is 0.111. The Morgan fingerprint density at radius 2 is 1.02 bits per heavy atom. The van der Waals surface area contributed by atoms with Gasteiger partial charge in [0, 0.05) is 42.3 Å². The summed E-state index contributed by atoms with van der Waals surface area (Å²) in [6.45, 7) is 0. The van der Waals surface area contributed by atoms with Gasteiger partial charge in [0.05, 0.1) is 16.6 Å². The van der Waals surface area contributed by atoms with E-state index in [-0.39, 0.29) is 11.6 Å². The molecule has 0 atom stereocenters. The molecular weight excluding hydrogens is 914 g/mol. The minimum absolute atomic E-state index is 0.279. The summed E-state index contributed by atoms with van der Waals surface area (Å²) in [5.41, 5.74) is 4.85. The van der Waals surface area contributed by atoms with Crippen molar-refractivity contribution in [1.82, 2.24) is 39.9 Å². The molecule has 0 bridgehead atoms. The minimum Gasteiger partial charge on any atom is -0.236 e. The molecule has 8 nitrogen and oxygen atoms in total. The third-order valence-electron chi connectivity index (χ3n) is 9.17. The molecule has 0 spiro atoms. The Morgan fingerprint density at radius 3 is 1.63 bits per heavy atom. The van der Waals surface area contributed by atoms with E-state index in [2.05, 4.69) is 117 Å². The van der Waals surface area contributed by atoms with E-state index < -0.39 is 0 Å². The standard InChI is InChI=1S/C20H13FN2S.C13H13IN2S.C12H7FN4S/c21-16-8-11-19-18(12-16)20(23-13-22-19)24-17-9-6-15(7-10-17)14-4-2-1-3-5-14;14-9-5-6-12-11(7-9)13(16-8-15-12)17-10-3-1-2-4-10;13-8-2-3-10-9(6-8)11(17-7-16-10)18-12-14-4-1-5-15-12/h1-13H;5-8,10H,1-4H2;1-7H. The number of hydrogen-bond donors (Lipinski definition) is 0. The molecular formula is C45H33F2IN8S3. The highest BCUT2D eigenvalue weighted by molar-refractivity contribution is 14.1. The lowest BCUT2D eigenvalue weighted by molar-refractivity contribution is 0.629. The molecule has 1 fully saturated rings. The summed E-state index contributed by atoms with van der Waals surface area (Å²) in [6.07, 6.45) is 13.4. The normalized spacial score (nSPS) is 12.5. The van der Waals surface area contributed by atoms with E-state index in [0.717, 1.165) is 36.6 Å². The van der Waals surface area contributed by atoms with E-state index in [1.54, 1.807) is 36.9 Å². The van der Waals surface area contributed by atoms with Crippen molar-refractivity contribution in [2.75, 3.05) is 0 Å². The first-order valence-corrected chi connectivity index (χ1v) is 22.2. The molecule has 5 aromatic carbocycles. The fourth-order valence-corrected chi connectivity index (χ4v) is 9.73. The molecule has 0 amide bonds. The molecule has 0 N–H and O–H groups in total. The number of rotatable bonds is 7. The van der Waals surface area contributed by atoms with Crippen LogP contribution in [0.15, 0.2) is 172 Å². The largest absolute Gasteiger partial charge is 0.236 e. The highest BCUT2D eigenvalue weighted by Gasteiger charge is 2.18. The molecule has 1 aliphatic rings. The SMILES string of the molecule is Fc1ccc2ncnc(Sc3ccc(-c4ccccc4)cc3)c2c1.Fc1ccc2ncnc(Sc3ncccn3)c2c1.Ic1ccc2ncnc(SC3CCCC3)c2c1. The van der Waals surface area contributed by atoms with Crippen LogP contribution in [0, 0.1) is 15.2 Å². The third-order valence-corrected chi connectivity index (χ3v) is 13.1. The first-order valence-electron chi connectivity index (χ1n) is 18.6. The van der Waals surface area contributed by atoms with E-state index in [1.165, 1.54) is 106 Å². The van der Waals surface area contributed by atoms with Gasteiger partial charge in [-0.3, -0.25) is 0 Å². The lowest BCUT2D eigenvalue weighted by Crippen LogP contribution is -1.96. The second kappa shape index (κ2) is 19.7. The molecule has 14 heteroatoms. The van der Waals surface area contributed by atoms with Crippen LogP contribution in [0.1, 0.15) is 25.7 Å². The lowest BCUT2D eigenvalue weighted by atomic mass is 10.1. The summed E-state index contributed by atoms with van der Waals surface area (Å²) < 4.78 is 28.0. The van der Waals surface area contributed by atoms with Crippen molar-refractivity contribution in [3.63, 3.8) is 0 Å². The van der Waals surface area contributed by atoms with Crippen LogP contribution in [0.4, 0.5) is 8.78 Å². The molecule has 4 heterocycles. The van der Waals surface area contributed by atoms with Crippen molar-refractivity contribution >= 4 is 90.6 Å². The van der Waals surface area contributed by atoms with Gasteiger partial charge in [0.2, 0.25) is 0 Å². The topological polar surface area (TPSA) is 103 Å². The average Bonchev–Trinajstić information content (AvgIpc) is 3.79. The highest BCUT2D eigenvalue weighted by atomic mass is 127. The summed E-state index contributed by atoms with van der Waals surface area (Å²) in [5.74, 6) is -0.591. The van der Waals surface area contributed by atoms with Crippen LogP contribution in [0.2, 0.25) is 0 Å². The first-order chi connectivity index (χ1) is 28.9. The first kappa shape index (κ1) is 40.6. The molecule has 1 aliphatic carbocycles. The predicted molar refractivity (Wildman–Crippen MR) is 242 cm³/mol. The van der Waals surface area contributed by atoms with E-state index >= 15 is 0 Å². The summed E-state index contributed by atoms with van der Waals surface area (Å²) in [5, 5.41) is 6.48. The lowest BCUT2D eigenvalue weighted by Gasteiger charge is -2.09. The molecule has 1 saturated carbocycles. The van der Waals surface area contributed by atoms with Gasteiger partial charge >= 0.3 is 0 Å². The second-order valence-corrected chi connectivity index (χ2v) is 17.7. The molecule has 0 radical (unpaired) electrons. The molecule has 9 aromatic rings. The minimum atomic E-state index is -0.312. The van der Waals surface area contributed by atoms with E-state index in [1.807, 2.05) is 30.0 Å². The van der Waals surface area contributed by atoms with Crippen molar-refractivity contribution in [3.8, 4) is 11.1 Å². The van der Waals surface area contributed by atoms with Crippen molar-refractivity contribution in [2.24, 2.45) is 0 Å². The number of hydrogen-bond acceptors (Lipinski definition) is 11. The number of thioether (sulfide) groups is 1. The van der Waals surface area contributed by atoms with E-state index in [4.69, 9.17) is 0 Å². The van der Waals surface area contributed by atoms with Crippen molar-refractivity contribution in [1.29, 1.82) is 0 Å². The molecule has 0 aliphatic heterocycles. The van der Waals surface area contributed by atoms with Gasteiger partial charge < -0.3 is 0 Å². The van der Waals surface area contributed by atoms with Gasteiger partial charge in [0.1, 0.15) is 45.7 Å². The Hall–Kier alpha value is -5.16. The van der Waals surface area contributed by atoms with Crippen LogP contribution in [0.3, 0.4) is 0 Å². The van der Waals surface area contributed by atoms with Crippen LogP contribution in [0.25, 0.3) is 43.8 Å². The van der Waals surface area contributed by atoms with Crippen LogP contribution in [-0.4, -0.2) is 45.1 Å². The summed E-state index contributed by atoms with van der Waals surface area (Å²) in [7, 11) is 0. The van der Waals surface area contributed by atoms with E-state index in [9.17, 15) is 8.78 Å². The summed E-state index contributed by atoms with van der Waals surface area (Å²) >= 11 is 7.08. The maximum Gasteiger partial charge on any atom is 0.193 e. The van der Waals surface area contributed by atoms with Crippen LogP contribution in [-0.2, 0) is 0 Å². The fourth-order valence-electron chi connectivity index (χ4n) is 6.32. The van der Waals surface area contributed by atoms with Crippen LogP contribution < -0.4 is 0 Å². The summed E-state index contributed by atoms with van der Waals surface area (Å²) in [6, 6.07) is 35.6. The highest BCUT2D eigenvalue weighted by Crippen LogP contribution is 2.37. The van der Waals surface area contributed by atoms with Crippen molar-refractivity contribution in [3.05, 3.63) is 162 Å².